The van der Waals surface area contributed by atoms with Gasteiger partial charge in [0.05, 0.1) is 23.7 Å². The van der Waals surface area contributed by atoms with Crippen LogP contribution in [0, 0.1) is 0 Å². The van der Waals surface area contributed by atoms with Crippen LogP contribution in [0.2, 0.25) is 5.02 Å². The number of methoxy groups -OCH3 is 1. The van der Waals surface area contributed by atoms with Gasteiger partial charge in [-0.2, -0.15) is 0 Å². The van der Waals surface area contributed by atoms with Crippen molar-refractivity contribution >= 4 is 34.7 Å². The van der Waals surface area contributed by atoms with Crippen molar-refractivity contribution < 1.29 is 24.5 Å². The van der Waals surface area contributed by atoms with Gasteiger partial charge in [-0.1, -0.05) is 49.7 Å². The maximum Gasteiger partial charge on any atom is 0.300 e. The molecule has 3 aromatic carbocycles. The summed E-state index contributed by atoms with van der Waals surface area (Å²) in [6, 6.07) is 17.3. The lowest BCUT2D eigenvalue weighted by atomic mass is 9.95. The molecule has 4 rings (SSSR count). The maximum absolute atomic E-state index is 13.2. The molecule has 0 radical (unpaired) electrons. The van der Waals surface area contributed by atoms with Gasteiger partial charge in [-0.3, -0.25) is 14.5 Å². The molecule has 1 unspecified atom stereocenters. The smallest absolute Gasteiger partial charge is 0.300 e. The Bertz CT molecular complexity index is 1280. The molecule has 1 aliphatic rings. The lowest BCUT2D eigenvalue weighted by Crippen LogP contribution is -2.29. The second-order valence-electron chi connectivity index (χ2n) is 8.36. The molecular weight excluding hydrogens is 454 g/mol. The van der Waals surface area contributed by atoms with E-state index in [0.29, 0.717) is 22.9 Å². The van der Waals surface area contributed by atoms with Crippen LogP contribution in [0.15, 0.2) is 72.3 Å². The standard InChI is InChI=1S/C27H24ClNO5/c1-15(2)16-4-9-19(10-5-16)29-24(17-6-11-20(30)12-7-17)23(26(32)27(29)33)25(31)18-8-13-22(34-3)21(28)14-18/h4-15,24,30-31H,1-3H3/b25-23-. The zero-order valence-corrected chi connectivity index (χ0v) is 19.7. The van der Waals surface area contributed by atoms with Crippen molar-refractivity contribution in [3.63, 3.8) is 0 Å². The third-order valence-electron chi connectivity index (χ3n) is 5.92. The van der Waals surface area contributed by atoms with Gasteiger partial charge in [-0.15, -0.1) is 0 Å². The van der Waals surface area contributed by atoms with Crippen LogP contribution in [-0.4, -0.2) is 29.0 Å². The highest BCUT2D eigenvalue weighted by Gasteiger charge is 2.47. The summed E-state index contributed by atoms with van der Waals surface area (Å²) in [6.45, 7) is 4.13. The van der Waals surface area contributed by atoms with E-state index in [1.807, 2.05) is 12.1 Å². The number of hydrogen-bond acceptors (Lipinski definition) is 5. The molecule has 1 amide bonds. The monoisotopic (exact) mass is 477 g/mol. The Morgan fingerprint density at radius 1 is 1.00 bits per heavy atom. The Labute approximate surface area is 202 Å². The fourth-order valence-electron chi connectivity index (χ4n) is 4.06. The number of rotatable bonds is 5. The number of anilines is 1. The van der Waals surface area contributed by atoms with Crippen LogP contribution in [0.25, 0.3) is 5.76 Å². The van der Waals surface area contributed by atoms with Gasteiger partial charge in [0.1, 0.15) is 17.3 Å². The van der Waals surface area contributed by atoms with E-state index < -0.39 is 17.7 Å². The Morgan fingerprint density at radius 2 is 1.65 bits per heavy atom. The van der Waals surface area contributed by atoms with Crippen molar-refractivity contribution in [1.82, 2.24) is 0 Å². The number of benzene rings is 3. The van der Waals surface area contributed by atoms with E-state index in [9.17, 15) is 19.8 Å². The first-order chi connectivity index (χ1) is 16.2. The zero-order valence-electron chi connectivity index (χ0n) is 18.9. The van der Waals surface area contributed by atoms with E-state index in [4.69, 9.17) is 16.3 Å². The molecule has 0 aliphatic carbocycles. The molecule has 6 nitrogen and oxygen atoms in total. The van der Waals surface area contributed by atoms with Crippen molar-refractivity contribution in [3.8, 4) is 11.5 Å². The van der Waals surface area contributed by atoms with E-state index in [0.717, 1.165) is 5.56 Å². The number of nitrogens with zero attached hydrogens (tertiary/aromatic N) is 1. The Kier molecular flexibility index (Phi) is 6.35. The number of aliphatic hydroxyl groups excluding tert-OH is 1. The fourth-order valence-corrected chi connectivity index (χ4v) is 4.32. The highest BCUT2D eigenvalue weighted by atomic mass is 35.5. The summed E-state index contributed by atoms with van der Waals surface area (Å²) < 4.78 is 5.16. The molecule has 0 saturated carbocycles. The normalized spacial score (nSPS) is 17.4. The summed E-state index contributed by atoms with van der Waals surface area (Å²) in [4.78, 5) is 27.8. The van der Waals surface area contributed by atoms with Gasteiger partial charge in [-0.05, 0) is 59.5 Å². The van der Waals surface area contributed by atoms with Crippen molar-refractivity contribution in [2.24, 2.45) is 0 Å². The number of halogens is 1. The molecule has 0 bridgehead atoms. The number of carbonyl (C=O) groups is 2. The van der Waals surface area contributed by atoms with Crippen molar-refractivity contribution in [1.29, 1.82) is 0 Å². The number of ether oxygens (including phenoxy) is 1. The van der Waals surface area contributed by atoms with Gasteiger partial charge >= 0.3 is 0 Å². The zero-order chi connectivity index (χ0) is 24.6. The van der Waals surface area contributed by atoms with Crippen molar-refractivity contribution in [2.45, 2.75) is 25.8 Å². The van der Waals surface area contributed by atoms with Gasteiger partial charge in [0, 0.05) is 11.3 Å². The lowest BCUT2D eigenvalue weighted by molar-refractivity contribution is -0.132. The van der Waals surface area contributed by atoms with Crippen LogP contribution in [0.1, 0.15) is 42.5 Å². The number of aliphatic hydroxyl groups is 1. The Hall–Kier alpha value is -3.77. The number of aromatic hydroxyl groups is 1. The van der Waals surface area contributed by atoms with E-state index >= 15 is 0 Å². The fraction of sp³-hybridized carbons (Fsp3) is 0.185. The average Bonchev–Trinajstić information content (AvgIpc) is 3.09. The Balaban J connectivity index is 1.90. The summed E-state index contributed by atoms with van der Waals surface area (Å²) in [5.74, 6) is -1.14. The van der Waals surface area contributed by atoms with E-state index in [-0.39, 0.29) is 27.7 Å². The number of carbonyl (C=O) groups excluding carboxylic acids is 2. The number of phenolic OH excluding ortho intramolecular Hbond substituents is 1. The van der Waals surface area contributed by atoms with Crippen molar-refractivity contribution in [3.05, 3.63) is 94.0 Å². The van der Waals surface area contributed by atoms with Crippen LogP contribution >= 0.6 is 11.6 Å². The molecule has 0 spiro atoms. The lowest BCUT2D eigenvalue weighted by Gasteiger charge is -2.26. The van der Waals surface area contributed by atoms with Crippen LogP contribution < -0.4 is 9.64 Å². The largest absolute Gasteiger partial charge is 0.508 e. The molecule has 34 heavy (non-hydrogen) atoms. The molecule has 1 heterocycles. The molecule has 2 N–H and O–H groups in total. The van der Waals surface area contributed by atoms with Crippen LogP contribution in [0.5, 0.6) is 11.5 Å². The number of hydrogen-bond donors (Lipinski definition) is 2. The minimum absolute atomic E-state index is 0.0453. The Morgan fingerprint density at radius 3 is 2.21 bits per heavy atom. The molecule has 174 valence electrons. The molecule has 1 aliphatic heterocycles. The highest BCUT2D eigenvalue weighted by molar-refractivity contribution is 6.51. The van der Waals surface area contributed by atoms with Crippen molar-refractivity contribution in [2.75, 3.05) is 12.0 Å². The van der Waals surface area contributed by atoms with Crippen LogP contribution in [-0.2, 0) is 9.59 Å². The molecular formula is C27H24ClNO5. The van der Waals surface area contributed by atoms with Crippen LogP contribution in [0.3, 0.4) is 0 Å². The summed E-state index contributed by atoms with van der Waals surface area (Å²) in [7, 11) is 1.47. The molecule has 0 aromatic heterocycles. The summed E-state index contributed by atoms with van der Waals surface area (Å²) in [5, 5.41) is 21.2. The second-order valence-corrected chi connectivity index (χ2v) is 8.76. The third-order valence-corrected chi connectivity index (χ3v) is 6.21. The van der Waals surface area contributed by atoms with Gasteiger partial charge in [0.15, 0.2) is 0 Å². The van der Waals surface area contributed by atoms with Gasteiger partial charge < -0.3 is 14.9 Å². The summed E-state index contributed by atoms with van der Waals surface area (Å²) >= 11 is 6.23. The van der Waals surface area contributed by atoms with E-state index in [2.05, 4.69) is 13.8 Å². The molecule has 7 heteroatoms. The molecule has 1 saturated heterocycles. The quantitative estimate of drug-likeness (QED) is 0.275. The molecule has 1 atom stereocenters. The first kappa shape index (κ1) is 23.4. The number of ketones is 1. The minimum Gasteiger partial charge on any atom is -0.508 e. The number of amides is 1. The van der Waals surface area contributed by atoms with Gasteiger partial charge in [-0.25, -0.2) is 0 Å². The third kappa shape index (κ3) is 4.13. The predicted octanol–water partition coefficient (Wildman–Crippen LogP) is 5.80. The topological polar surface area (TPSA) is 87.1 Å². The molecule has 3 aromatic rings. The number of Topliss-reactive ketones (excluding diaryl/α,β-unsaturated/α-hetero) is 1. The first-order valence-electron chi connectivity index (χ1n) is 10.8. The maximum atomic E-state index is 13.2. The summed E-state index contributed by atoms with van der Waals surface area (Å²) in [5.41, 5.74) is 2.39. The summed E-state index contributed by atoms with van der Waals surface area (Å²) in [6.07, 6.45) is 0. The average molecular weight is 478 g/mol. The van der Waals surface area contributed by atoms with Crippen LogP contribution in [0.4, 0.5) is 5.69 Å². The second kappa shape index (κ2) is 9.23. The SMILES string of the molecule is COc1ccc(/C(O)=C2/C(=O)C(=O)N(c3ccc(C(C)C)cc3)C2c2ccc(O)cc2)cc1Cl. The number of phenols is 1. The first-order valence-corrected chi connectivity index (χ1v) is 11.1. The highest BCUT2D eigenvalue weighted by Crippen LogP contribution is 2.43. The molecule has 1 fully saturated rings. The van der Waals surface area contributed by atoms with E-state index in [1.165, 1.54) is 30.2 Å². The minimum atomic E-state index is -0.897. The van der Waals surface area contributed by atoms with Gasteiger partial charge in [0.2, 0.25) is 0 Å². The van der Waals surface area contributed by atoms with E-state index in [1.54, 1.807) is 36.4 Å². The van der Waals surface area contributed by atoms with Gasteiger partial charge in [0.25, 0.3) is 11.7 Å². The predicted molar refractivity (Wildman–Crippen MR) is 131 cm³/mol.